The van der Waals surface area contributed by atoms with E-state index in [4.69, 9.17) is 15.9 Å². The Kier molecular flexibility index (Phi) is 5.89. The molecule has 164 valence electrons. The Bertz CT molecular complexity index is 1270. The largest absolute Gasteiger partial charge is 0.497 e. The van der Waals surface area contributed by atoms with Crippen molar-refractivity contribution >= 4 is 22.8 Å². The number of hydrogen-bond acceptors (Lipinski definition) is 5. The third-order valence-corrected chi connectivity index (χ3v) is 5.33. The van der Waals surface area contributed by atoms with Crippen molar-refractivity contribution in [3.8, 4) is 17.3 Å². The van der Waals surface area contributed by atoms with Crippen molar-refractivity contribution in [2.75, 3.05) is 13.7 Å². The van der Waals surface area contributed by atoms with E-state index in [1.165, 1.54) is 0 Å². The lowest BCUT2D eigenvalue weighted by Crippen LogP contribution is -2.29. The number of benzene rings is 2. The Morgan fingerprint density at radius 3 is 2.75 bits per heavy atom. The average molecular weight is 432 g/mol. The lowest BCUT2D eigenvalue weighted by molar-refractivity contribution is -0.121. The van der Waals surface area contributed by atoms with Crippen LogP contribution in [0.25, 0.3) is 22.6 Å². The second-order valence-corrected chi connectivity index (χ2v) is 7.49. The van der Waals surface area contributed by atoms with Crippen molar-refractivity contribution in [1.82, 2.24) is 24.8 Å². The predicted octanol–water partition coefficient (Wildman–Crippen LogP) is 2.39. The molecule has 0 aliphatic heterocycles. The van der Waals surface area contributed by atoms with Gasteiger partial charge in [-0.1, -0.05) is 12.1 Å². The van der Waals surface area contributed by atoms with Gasteiger partial charge in [0.05, 0.1) is 24.5 Å². The quantitative estimate of drug-likeness (QED) is 0.251. The third kappa shape index (κ3) is 4.46. The van der Waals surface area contributed by atoms with Gasteiger partial charge in [0.1, 0.15) is 23.8 Å². The van der Waals surface area contributed by atoms with E-state index in [1.807, 2.05) is 37.3 Å². The maximum Gasteiger partial charge on any atom is 0.239 e. The summed E-state index contributed by atoms with van der Waals surface area (Å²) in [6.07, 6.45) is 2.38. The number of nitrogens with two attached hydrogens (primary N) is 1. The lowest BCUT2D eigenvalue weighted by Gasteiger charge is -2.08. The standard InChI is InChI=1S/C23H25N7O2/c1-14-21(23-28-18-8-5-16(22(24)25)11-19(18)29-23)27-13-30(14)12-20(31)26-10-9-15-3-6-17(32-2)7-4-15/h3-8,11,13H,9-10,12H2,1-2H3,(H3,24,25)(H,26,31)(H,28,29). The minimum atomic E-state index is -0.0822. The van der Waals surface area contributed by atoms with E-state index in [1.54, 1.807) is 30.1 Å². The van der Waals surface area contributed by atoms with Crippen LogP contribution in [0.5, 0.6) is 5.75 Å². The molecule has 0 bridgehead atoms. The average Bonchev–Trinajstić information content (AvgIpc) is 3.37. The molecule has 32 heavy (non-hydrogen) atoms. The van der Waals surface area contributed by atoms with Gasteiger partial charge in [-0.25, -0.2) is 9.97 Å². The van der Waals surface area contributed by atoms with Crippen LogP contribution in [0.3, 0.4) is 0 Å². The highest BCUT2D eigenvalue weighted by Gasteiger charge is 2.15. The molecular weight excluding hydrogens is 406 g/mol. The SMILES string of the molecule is COc1ccc(CCNC(=O)Cn2cnc(-c3nc4cc(C(=N)N)ccc4[nH]3)c2C)cc1. The van der Waals surface area contributed by atoms with Crippen LogP contribution < -0.4 is 15.8 Å². The first-order chi connectivity index (χ1) is 15.4. The maximum absolute atomic E-state index is 12.4. The second kappa shape index (κ2) is 8.93. The van der Waals surface area contributed by atoms with Gasteiger partial charge in [0.25, 0.3) is 0 Å². The highest BCUT2D eigenvalue weighted by atomic mass is 16.5. The zero-order valence-corrected chi connectivity index (χ0v) is 18.0. The van der Waals surface area contributed by atoms with Crippen LogP contribution in [0, 0.1) is 12.3 Å². The molecule has 0 aliphatic carbocycles. The van der Waals surface area contributed by atoms with Gasteiger partial charge in [0.15, 0.2) is 5.82 Å². The number of aromatic nitrogens is 4. The van der Waals surface area contributed by atoms with Crippen molar-refractivity contribution in [1.29, 1.82) is 5.41 Å². The highest BCUT2D eigenvalue weighted by molar-refractivity contribution is 5.98. The monoisotopic (exact) mass is 431 g/mol. The fourth-order valence-electron chi connectivity index (χ4n) is 3.47. The summed E-state index contributed by atoms with van der Waals surface area (Å²) >= 11 is 0. The molecule has 2 heterocycles. The van der Waals surface area contributed by atoms with Gasteiger partial charge in [-0.3, -0.25) is 10.2 Å². The van der Waals surface area contributed by atoms with Gasteiger partial charge in [0, 0.05) is 17.8 Å². The van der Waals surface area contributed by atoms with E-state index < -0.39 is 0 Å². The Labute approximate surface area is 185 Å². The molecule has 2 aromatic heterocycles. The zero-order valence-electron chi connectivity index (χ0n) is 18.0. The van der Waals surface area contributed by atoms with Gasteiger partial charge in [-0.05, 0) is 49.2 Å². The van der Waals surface area contributed by atoms with Crippen LogP contribution in [0.1, 0.15) is 16.8 Å². The van der Waals surface area contributed by atoms with Gasteiger partial charge in [-0.15, -0.1) is 0 Å². The van der Waals surface area contributed by atoms with Crippen LogP contribution in [-0.2, 0) is 17.8 Å². The summed E-state index contributed by atoms with van der Waals surface area (Å²) in [5, 5.41) is 10.5. The molecule has 0 radical (unpaired) electrons. The molecule has 0 fully saturated rings. The number of nitrogens with zero attached hydrogens (tertiary/aromatic N) is 3. The summed E-state index contributed by atoms with van der Waals surface area (Å²) in [4.78, 5) is 24.7. The van der Waals surface area contributed by atoms with Gasteiger partial charge in [0.2, 0.25) is 5.91 Å². The number of hydrogen-bond donors (Lipinski definition) is 4. The first-order valence-corrected chi connectivity index (χ1v) is 10.2. The highest BCUT2D eigenvalue weighted by Crippen LogP contribution is 2.23. The smallest absolute Gasteiger partial charge is 0.239 e. The summed E-state index contributed by atoms with van der Waals surface area (Å²) in [6, 6.07) is 13.2. The van der Waals surface area contributed by atoms with E-state index in [9.17, 15) is 4.79 Å². The first kappa shape index (κ1) is 21.1. The molecule has 0 atom stereocenters. The molecular formula is C23H25N7O2. The third-order valence-electron chi connectivity index (χ3n) is 5.33. The normalized spacial score (nSPS) is 10.9. The Hall–Kier alpha value is -4.14. The van der Waals surface area contributed by atoms with Crippen molar-refractivity contribution < 1.29 is 9.53 Å². The summed E-state index contributed by atoms with van der Waals surface area (Å²) in [6.45, 7) is 2.63. The van der Waals surface area contributed by atoms with E-state index in [-0.39, 0.29) is 18.3 Å². The van der Waals surface area contributed by atoms with E-state index in [0.717, 1.165) is 28.9 Å². The molecule has 4 rings (SSSR count). The number of aromatic amines is 1. The molecule has 9 heteroatoms. The number of rotatable bonds is 8. The van der Waals surface area contributed by atoms with Crippen LogP contribution in [0.2, 0.25) is 0 Å². The number of carbonyl (C=O) groups is 1. The predicted molar refractivity (Wildman–Crippen MR) is 123 cm³/mol. The van der Waals surface area contributed by atoms with Gasteiger partial charge in [-0.2, -0.15) is 0 Å². The fourth-order valence-corrected chi connectivity index (χ4v) is 3.47. The topological polar surface area (TPSA) is 135 Å². The number of amidine groups is 1. The molecule has 9 nitrogen and oxygen atoms in total. The lowest BCUT2D eigenvalue weighted by atomic mass is 10.1. The Morgan fingerprint density at radius 2 is 2.03 bits per heavy atom. The number of nitrogen functional groups attached to an aromatic ring is 1. The number of nitrogens with one attached hydrogen (secondary N) is 3. The second-order valence-electron chi connectivity index (χ2n) is 7.49. The van der Waals surface area contributed by atoms with Crippen LogP contribution in [0.4, 0.5) is 0 Å². The summed E-state index contributed by atoms with van der Waals surface area (Å²) in [5.41, 5.74) is 10.4. The minimum absolute atomic E-state index is 0.00471. The van der Waals surface area contributed by atoms with Crippen molar-refractivity contribution in [3.63, 3.8) is 0 Å². The van der Waals surface area contributed by atoms with E-state index in [2.05, 4.69) is 20.3 Å². The Balaban J connectivity index is 1.39. The van der Waals surface area contributed by atoms with Gasteiger partial charge >= 0.3 is 0 Å². The van der Waals surface area contributed by atoms with Crippen molar-refractivity contribution in [3.05, 3.63) is 65.6 Å². The molecule has 2 aromatic carbocycles. The number of ether oxygens (including phenoxy) is 1. The van der Waals surface area contributed by atoms with Crippen LogP contribution in [0.15, 0.2) is 48.8 Å². The van der Waals surface area contributed by atoms with Crippen molar-refractivity contribution in [2.45, 2.75) is 19.9 Å². The van der Waals surface area contributed by atoms with Crippen LogP contribution >= 0.6 is 0 Å². The molecule has 0 saturated carbocycles. The van der Waals surface area contributed by atoms with E-state index in [0.29, 0.717) is 29.1 Å². The number of methoxy groups -OCH3 is 1. The maximum atomic E-state index is 12.4. The number of amides is 1. The first-order valence-electron chi connectivity index (χ1n) is 10.2. The number of fused-ring (bicyclic) bond motifs is 1. The number of imidazole rings is 2. The zero-order chi connectivity index (χ0) is 22.7. The molecule has 0 spiro atoms. The fraction of sp³-hybridized carbons (Fsp3) is 0.217. The molecule has 4 aromatic rings. The van der Waals surface area contributed by atoms with Crippen LogP contribution in [-0.4, -0.2) is 44.9 Å². The minimum Gasteiger partial charge on any atom is -0.497 e. The molecule has 5 N–H and O–H groups in total. The van der Waals surface area contributed by atoms with E-state index >= 15 is 0 Å². The summed E-state index contributed by atoms with van der Waals surface area (Å²) < 4.78 is 6.95. The summed E-state index contributed by atoms with van der Waals surface area (Å²) in [7, 11) is 1.64. The Morgan fingerprint density at radius 1 is 1.25 bits per heavy atom. The number of H-pyrrole nitrogens is 1. The molecule has 0 aliphatic rings. The van der Waals surface area contributed by atoms with Gasteiger partial charge < -0.3 is 25.3 Å². The number of carbonyl (C=O) groups excluding carboxylic acids is 1. The van der Waals surface area contributed by atoms with Crippen molar-refractivity contribution in [2.24, 2.45) is 5.73 Å². The molecule has 1 amide bonds. The molecule has 0 saturated heterocycles. The molecule has 0 unspecified atom stereocenters. The summed E-state index contributed by atoms with van der Waals surface area (Å²) in [5.74, 6) is 1.33.